The number of carbonyl (C=O) groups is 1. The van der Waals surface area contributed by atoms with Crippen LogP contribution in [0.2, 0.25) is 0 Å². The summed E-state index contributed by atoms with van der Waals surface area (Å²) in [5.74, 6) is 2.05. The second-order valence-corrected chi connectivity index (χ2v) is 8.96. The molecule has 0 bridgehead atoms. The Bertz CT molecular complexity index is 1120. The lowest BCUT2D eigenvalue weighted by atomic mass is 10.1. The van der Waals surface area contributed by atoms with Crippen molar-refractivity contribution in [3.05, 3.63) is 63.7 Å². The minimum Gasteiger partial charge on any atom is -0.361 e. The van der Waals surface area contributed by atoms with Gasteiger partial charge in [-0.1, -0.05) is 18.2 Å². The Balaban J connectivity index is 1.34. The molecule has 1 aromatic carbocycles. The summed E-state index contributed by atoms with van der Waals surface area (Å²) < 4.78 is 1.58. The molecule has 1 N–H and O–H groups in total. The van der Waals surface area contributed by atoms with Crippen molar-refractivity contribution in [1.82, 2.24) is 19.7 Å². The quantitative estimate of drug-likeness (QED) is 0.721. The van der Waals surface area contributed by atoms with Crippen LogP contribution in [0.5, 0.6) is 0 Å². The van der Waals surface area contributed by atoms with Crippen LogP contribution < -0.4 is 5.56 Å². The molecule has 1 unspecified atom stereocenters. The maximum Gasteiger partial charge on any atom is 0.267 e. The summed E-state index contributed by atoms with van der Waals surface area (Å²) in [4.78, 5) is 30.8. The summed E-state index contributed by atoms with van der Waals surface area (Å²) in [6.45, 7) is 1.24. The van der Waals surface area contributed by atoms with Gasteiger partial charge in [-0.15, -0.1) is 0 Å². The number of hydrogen-bond acceptors (Lipinski definition) is 4. The maximum absolute atomic E-state index is 13.1. The Kier molecular flexibility index (Phi) is 4.91. The topological polar surface area (TPSA) is 71.0 Å². The van der Waals surface area contributed by atoms with Gasteiger partial charge in [0.15, 0.2) is 0 Å². The minimum atomic E-state index is -0.0535. The molecule has 150 valence electrons. The standard InChI is InChI=1S/C22H24N4O2S/c27-21(10-15-12-23-20-6-2-1-5-18(15)20)25-8-3-4-17(25)13-26-22(28)11-16-14-29-9-7-19(16)24-26/h1-2,5-6,11-12,17,23H,3-4,7-10,13-14H2. The van der Waals surface area contributed by atoms with E-state index in [-0.39, 0.29) is 17.5 Å². The molecule has 2 aromatic heterocycles. The number of H-pyrrole nitrogens is 1. The van der Waals surface area contributed by atoms with Crippen molar-refractivity contribution < 1.29 is 4.79 Å². The number of aromatic nitrogens is 3. The summed E-state index contributed by atoms with van der Waals surface area (Å²) in [6.07, 6.45) is 5.11. The fourth-order valence-corrected chi connectivity index (χ4v) is 5.43. The van der Waals surface area contributed by atoms with Crippen LogP contribution in [0, 0.1) is 0 Å². The molecule has 1 atom stereocenters. The van der Waals surface area contributed by atoms with E-state index >= 15 is 0 Å². The molecule has 0 spiro atoms. The molecular weight excluding hydrogens is 384 g/mol. The molecule has 2 aliphatic heterocycles. The Hall–Kier alpha value is -2.54. The van der Waals surface area contributed by atoms with E-state index in [1.165, 1.54) is 0 Å². The van der Waals surface area contributed by atoms with Gasteiger partial charge in [0, 0.05) is 41.9 Å². The predicted molar refractivity (Wildman–Crippen MR) is 115 cm³/mol. The number of carbonyl (C=O) groups excluding carboxylic acids is 1. The fourth-order valence-electron chi connectivity index (χ4n) is 4.48. The number of amides is 1. The molecule has 0 radical (unpaired) electrons. The van der Waals surface area contributed by atoms with Crippen LogP contribution in [0.1, 0.15) is 29.7 Å². The van der Waals surface area contributed by atoms with Crippen LogP contribution in [0.15, 0.2) is 41.3 Å². The molecule has 3 aromatic rings. The van der Waals surface area contributed by atoms with E-state index in [0.29, 0.717) is 13.0 Å². The maximum atomic E-state index is 13.1. The predicted octanol–water partition coefficient (Wildman–Crippen LogP) is 2.75. The zero-order valence-electron chi connectivity index (χ0n) is 16.3. The molecule has 1 amide bonds. The number of rotatable bonds is 4. The number of fused-ring (bicyclic) bond motifs is 2. The van der Waals surface area contributed by atoms with Crippen LogP contribution in [-0.2, 0) is 29.9 Å². The Labute approximate surface area is 173 Å². The highest BCUT2D eigenvalue weighted by atomic mass is 32.2. The average molecular weight is 409 g/mol. The molecule has 0 saturated carbocycles. The second-order valence-electron chi connectivity index (χ2n) is 7.86. The third-order valence-corrected chi connectivity index (χ3v) is 7.01. The van der Waals surface area contributed by atoms with E-state index in [1.807, 2.05) is 47.1 Å². The van der Waals surface area contributed by atoms with Gasteiger partial charge in [0.2, 0.25) is 5.91 Å². The first kappa shape index (κ1) is 18.5. The van der Waals surface area contributed by atoms with E-state index in [4.69, 9.17) is 0 Å². The van der Waals surface area contributed by atoms with Crippen LogP contribution in [0.4, 0.5) is 0 Å². The third-order valence-electron chi connectivity index (χ3n) is 6.00. The van der Waals surface area contributed by atoms with Gasteiger partial charge in [-0.25, -0.2) is 4.68 Å². The monoisotopic (exact) mass is 408 g/mol. The van der Waals surface area contributed by atoms with Crippen molar-refractivity contribution in [3.63, 3.8) is 0 Å². The number of aryl methyl sites for hydroxylation is 1. The van der Waals surface area contributed by atoms with Crippen LogP contribution in [0.3, 0.4) is 0 Å². The zero-order chi connectivity index (χ0) is 19.8. The second kappa shape index (κ2) is 7.71. The molecular formula is C22H24N4O2S. The SMILES string of the molecule is O=C(Cc1c[nH]c2ccccc12)N1CCCC1Cn1nc2c(cc1=O)CSCC2. The normalized spacial score (nSPS) is 18.9. The van der Waals surface area contributed by atoms with Gasteiger partial charge in [0.25, 0.3) is 5.56 Å². The highest BCUT2D eigenvalue weighted by Crippen LogP contribution is 2.24. The van der Waals surface area contributed by atoms with Gasteiger partial charge in [0.1, 0.15) is 0 Å². The number of nitrogens with zero attached hydrogens (tertiary/aromatic N) is 3. The van der Waals surface area contributed by atoms with Crippen molar-refractivity contribution in [2.75, 3.05) is 12.3 Å². The molecule has 6 nitrogen and oxygen atoms in total. The number of aromatic amines is 1. The Morgan fingerprint density at radius 3 is 3.14 bits per heavy atom. The van der Waals surface area contributed by atoms with Gasteiger partial charge < -0.3 is 9.88 Å². The van der Waals surface area contributed by atoms with Crippen molar-refractivity contribution in [3.8, 4) is 0 Å². The molecule has 0 aliphatic carbocycles. The number of para-hydroxylation sites is 1. The van der Waals surface area contributed by atoms with Crippen molar-refractivity contribution in [2.24, 2.45) is 0 Å². The van der Waals surface area contributed by atoms with Crippen molar-refractivity contribution in [1.29, 1.82) is 0 Å². The first-order chi connectivity index (χ1) is 14.2. The Morgan fingerprint density at radius 2 is 2.21 bits per heavy atom. The fraction of sp³-hybridized carbons (Fsp3) is 0.409. The lowest BCUT2D eigenvalue weighted by Crippen LogP contribution is -2.41. The number of hydrogen-bond donors (Lipinski definition) is 1. The lowest BCUT2D eigenvalue weighted by Gasteiger charge is -2.25. The Morgan fingerprint density at radius 1 is 1.31 bits per heavy atom. The summed E-state index contributed by atoms with van der Waals surface area (Å²) in [6, 6.07) is 9.83. The molecule has 2 aliphatic rings. The molecule has 1 saturated heterocycles. The lowest BCUT2D eigenvalue weighted by molar-refractivity contribution is -0.131. The van der Waals surface area contributed by atoms with E-state index in [0.717, 1.165) is 65.0 Å². The molecule has 1 fully saturated rings. The van der Waals surface area contributed by atoms with Crippen molar-refractivity contribution in [2.45, 2.75) is 44.0 Å². The largest absolute Gasteiger partial charge is 0.361 e. The van der Waals surface area contributed by atoms with Gasteiger partial charge >= 0.3 is 0 Å². The van der Waals surface area contributed by atoms with E-state index in [2.05, 4.69) is 10.1 Å². The summed E-state index contributed by atoms with van der Waals surface area (Å²) in [5.41, 5.74) is 4.13. The smallest absolute Gasteiger partial charge is 0.267 e. The van der Waals surface area contributed by atoms with Crippen LogP contribution in [-0.4, -0.2) is 43.9 Å². The third kappa shape index (κ3) is 3.59. The number of nitrogens with one attached hydrogen (secondary N) is 1. The van der Waals surface area contributed by atoms with Gasteiger partial charge in [0.05, 0.1) is 24.7 Å². The zero-order valence-corrected chi connectivity index (χ0v) is 17.1. The summed E-state index contributed by atoms with van der Waals surface area (Å²) >= 11 is 1.85. The number of likely N-dealkylation sites (tertiary alicyclic amines) is 1. The molecule has 4 heterocycles. The average Bonchev–Trinajstić information content (AvgIpc) is 3.36. The minimum absolute atomic E-state index is 0.0360. The first-order valence-corrected chi connectivity index (χ1v) is 11.4. The van der Waals surface area contributed by atoms with Crippen LogP contribution >= 0.6 is 11.8 Å². The summed E-state index contributed by atoms with van der Waals surface area (Å²) in [5, 5.41) is 5.73. The van der Waals surface area contributed by atoms with Gasteiger partial charge in [-0.2, -0.15) is 16.9 Å². The van der Waals surface area contributed by atoms with Gasteiger partial charge in [-0.3, -0.25) is 9.59 Å². The van der Waals surface area contributed by atoms with E-state index in [1.54, 1.807) is 10.7 Å². The highest BCUT2D eigenvalue weighted by Gasteiger charge is 2.30. The number of thioether (sulfide) groups is 1. The molecule has 5 rings (SSSR count). The summed E-state index contributed by atoms with van der Waals surface area (Å²) in [7, 11) is 0. The van der Waals surface area contributed by atoms with Gasteiger partial charge in [-0.05, 0) is 35.8 Å². The first-order valence-electron chi connectivity index (χ1n) is 10.2. The van der Waals surface area contributed by atoms with Crippen LogP contribution in [0.25, 0.3) is 10.9 Å². The molecule has 29 heavy (non-hydrogen) atoms. The molecule has 7 heteroatoms. The number of benzene rings is 1. The van der Waals surface area contributed by atoms with E-state index in [9.17, 15) is 9.59 Å². The van der Waals surface area contributed by atoms with E-state index < -0.39 is 0 Å². The van der Waals surface area contributed by atoms with Crippen molar-refractivity contribution >= 4 is 28.6 Å². The highest BCUT2D eigenvalue weighted by molar-refractivity contribution is 7.98.